The molecule has 1 rings (SSSR count). The van der Waals surface area contributed by atoms with Crippen LogP contribution in [0.15, 0.2) is 0 Å². The van der Waals surface area contributed by atoms with Gasteiger partial charge < -0.3 is 15.2 Å². The number of nitrogens with two attached hydrogens (primary N) is 1. The van der Waals surface area contributed by atoms with E-state index in [1.54, 1.807) is 0 Å². The van der Waals surface area contributed by atoms with Crippen LogP contribution in [0.5, 0.6) is 0 Å². The Balaban J connectivity index is 2.55. The van der Waals surface area contributed by atoms with E-state index < -0.39 is 24.1 Å². The summed E-state index contributed by atoms with van der Waals surface area (Å²) in [4.78, 5) is 21.9. The summed E-state index contributed by atoms with van der Waals surface area (Å²) >= 11 is 0. The first kappa shape index (κ1) is 8.99. The van der Waals surface area contributed by atoms with Crippen molar-refractivity contribution >= 4 is 11.9 Å². The third kappa shape index (κ3) is 1.73. The molecule has 0 aromatic carbocycles. The van der Waals surface area contributed by atoms with Crippen LogP contribution in [0, 0.1) is 0 Å². The fourth-order valence-corrected chi connectivity index (χ4v) is 0.911. The number of hydrogen-bond donors (Lipinski definition) is 1. The molecule has 0 amide bonds. The van der Waals surface area contributed by atoms with Crippen LogP contribution >= 0.6 is 0 Å². The van der Waals surface area contributed by atoms with E-state index in [1.165, 1.54) is 6.92 Å². The topological polar surface area (TPSA) is 78.6 Å². The molecule has 0 unspecified atom stereocenters. The van der Waals surface area contributed by atoms with Crippen molar-refractivity contribution in [1.82, 2.24) is 0 Å². The van der Waals surface area contributed by atoms with Gasteiger partial charge in [-0.1, -0.05) is 0 Å². The molecule has 0 saturated carbocycles. The van der Waals surface area contributed by atoms with Gasteiger partial charge in [-0.2, -0.15) is 0 Å². The highest BCUT2D eigenvalue weighted by molar-refractivity contribution is 5.87. The summed E-state index contributed by atoms with van der Waals surface area (Å²) in [6.07, 6.45) is -1.28. The van der Waals surface area contributed by atoms with Crippen molar-refractivity contribution in [3.05, 3.63) is 0 Å². The molecule has 1 aliphatic heterocycles. The van der Waals surface area contributed by atoms with Gasteiger partial charge in [-0.3, -0.25) is 0 Å². The van der Waals surface area contributed by atoms with Crippen LogP contribution in [0.2, 0.25) is 0 Å². The molecular weight excluding hydrogens is 162 g/mol. The van der Waals surface area contributed by atoms with Crippen molar-refractivity contribution in [2.24, 2.45) is 5.73 Å². The predicted octanol–water partition coefficient (Wildman–Crippen LogP) is -0.808. The molecule has 2 atom stereocenters. The number of carbonyl (C=O) groups excluding carboxylic acids is 2. The van der Waals surface area contributed by atoms with E-state index in [2.05, 4.69) is 0 Å². The molecule has 0 aromatic rings. The summed E-state index contributed by atoms with van der Waals surface area (Å²) in [7, 11) is 0. The fourth-order valence-electron chi connectivity index (χ4n) is 0.911. The van der Waals surface area contributed by atoms with Gasteiger partial charge in [0, 0.05) is 6.42 Å². The maximum absolute atomic E-state index is 11.0. The quantitative estimate of drug-likeness (QED) is 0.552. The molecule has 0 radical (unpaired) electrons. The Labute approximate surface area is 69.8 Å². The van der Waals surface area contributed by atoms with Crippen LogP contribution in [0.25, 0.3) is 0 Å². The Morgan fingerprint density at radius 1 is 1.33 bits per heavy atom. The van der Waals surface area contributed by atoms with E-state index >= 15 is 0 Å². The van der Waals surface area contributed by atoms with Gasteiger partial charge in [-0.15, -0.1) is 0 Å². The van der Waals surface area contributed by atoms with Crippen molar-refractivity contribution in [1.29, 1.82) is 0 Å². The van der Waals surface area contributed by atoms with E-state index in [0.717, 1.165) is 0 Å². The molecule has 5 heteroatoms. The van der Waals surface area contributed by atoms with E-state index in [1.807, 2.05) is 0 Å². The van der Waals surface area contributed by atoms with Crippen LogP contribution in [0.1, 0.15) is 13.3 Å². The lowest BCUT2D eigenvalue weighted by atomic mass is 10.2. The SMILES string of the molecule is C[C@H]1OC(=O)[C@@H](CCN)OC1=O. The van der Waals surface area contributed by atoms with Gasteiger partial charge in [0.05, 0.1) is 0 Å². The highest BCUT2D eigenvalue weighted by atomic mass is 16.6. The number of cyclic esters (lactones) is 2. The van der Waals surface area contributed by atoms with Crippen molar-refractivity contribution in [3.8, 4) is 0 Å². The summed E-state index contributed by atoms with van der Waals surface area (Å²) in [6, 6.07) is 0. The van der Waals surface area contributed by atoms with Gasteiger partial charge in [0.15, 0.2) is 12.2 Å². The molecule has 5 nitrogen and oxygen atoms in total. The number of hydrogen-bond acceptors (Lipinski definition) is 5. The minimum absolute atomic E-state index is 0.293. The van der Waals surface area contributed by atoms with E-state index in [9.17, 15) is 9.59 Å². The number of ether oxygens (including phenoxy) is 2. The van der Waals surface area contributed by atoms with Crippen LogP contribution in [-0.2, 0) is 19.1 Å². The van der Waals surface area contributed by atoms with Crippen LogP contribution in [0.3, 0.4) is 0 Å². The Morgan fingerprint density at radius 3 is 2.58 bits per heavy atom. The lowest BCUT2D eigenvalue weighted by molar-refractivity contribution is -0.193. The predicted molar refractivity (Wildman–Crippen MR) is 39.1 cm³/mol. The first-order valence-electron chi connectivity index (χ1n) is 3.76. The Bertz CT molecular complexity index is 204. The average molecular weight is 173 g/mol. The van der Waals surface area contributed by atoms with Gasteiger partial charge in [-0.25, -0.2) is 9.59 Å². The normalized spacial score (nSPS) is 29.5. The molecule has 1 aliphatic rings. The molecule has 68 valence electrons. The second-order valence-electron chi connectivity index (χ2n) is 2.58. The molecule has 1 saturated heterocycles. The largest absolute Gasteiger partial charge is 0.448 e. The lowest BCUT2D eigenvalue weighted by Gasteiger charge is -2.24. The van der Waals surface area contributed by atoms with E-state index in [0.29, 0.717) is 13.0 Å². The average Bonchev–Trinajstić information content (AvgIpc) is 2.01. The molecule has 2 N–H and O–H groups in total. The van der Waals surface area contributed by atoms with Crippen molar-refractivity contribution < 1.29 is 19.1 Å². The number of carbonyl (C=O) groups is 2. The van der Waals surface area contributed by atoms with Crippen LogP contribution < -0.4 is 5.73 Å². The molecule has 0 bridgehead atoms. The first-order valence-corrected chi connectivity index (χ1v) is 3.76. The Morgan fingerprint density at radius 2 is 2.00 bits per heavy atom. The Kier molecular flexibility index (Phi) is 2.65. The standard InChI is InChI=1S/C7H11NO4/c1-4-6(9)12-5(2-3-8)7(10)11-4/h4-5H,2-3,8H2,1H3/t4-,5-/m1/s1. The second-order valence-corrected chi connectivity index (χ2v) is 2.58. The van der Waals surface area contributed by atoms with Crippen molar-refractivity contribution in [2.45, 2.75) is 25.6 Å². The van der Waals surface area contributed by atoms with Gasteiger partial charge in [0.2, 0.25) is 0 Å². The minimum atomic E-state index is -0.807. The maximum atomic E-state index is 11.0. The molecule has 0 spiro atoms. The van der Waals surface area contributed by atoms with Crippen molar-refractivity contribution in [3.63, 3.8) is 0 Å². The molecule has 0 aliphatic carbocycles. The number of esters is 2. The Hall–Kier alpha value is -1.10. The van der Waals surface area contributed by atoms with Crippen LogP contribution in [-0.4, -0.2) is 30.7 Å². The summed E-state index contributed by atoms with van der Waals surface area (Å²) in [6.45, 7) is 1.76. The summed E-state index contributed by atoms with van der Waals surface area (Å²) in [5.74, 6) is -1.01. The minimum Gasteiger partial charge on any atom is -0.448 e. The smallest absolute Gasteiger partial charge is 0.348 e. The fraction of sp³-hybridized carbons (Fsp3) is 0.714. The second kappa shape index (κ2) is 3.53. The molecule has 12 heavy (non-hydrogen) atoms. The van der Waals surface area contributed by atoms with Gasteiger partial charge in [-0.05, 0) is 13.5 Å². The molecule has 0 aromatic heterocycles. The van der Waals surface area contributed by atoms with E-state index in [4.69, 9.17) is 15.2 Å². The van der Waals surface area contributed by atoms with Crippen molar-refractivity contribution in [2.75, 3.05) is 6.54 Å². The summed E-state index contributed by atoms with van der Waals surface area (Å²) in [5, 5.41) is 0. The summed E-state index contributed by atoms with van der Waals surface area (Å²) in [5.41, 5.74) is 5.20. The first-order chi connectivity index (χ1) is 5.65. The zero-order valence-electron chi connectivity index (χ0n) is 6.78. The van der Waals surface area contributed by atoms with Gasteiger partial charge in [0.1, 0.15) is 0 Å². The van der Waals surface area contributed by atoms with Gasteiger partial charge in [0.25, 0.3) is 0 Å². The zero-order chi connectivity index (χ0) is 9.14. The monoisotopic (exact) mass is 173 g/mol. The molecular formula is C7H11NO4. The van der Waals surface area contributed by atoms with Gasteiger partial charge >= 0.3 is 11.9 Å². The number of rotatable bonds is 2. The lowest BCUT2D eigenvalue weighted by Crippen LogP contribution is -2.43. The highest BCUT2D eigenvalue weighted by Gasteiger charge is 2.34. The maximum Gasteiger partial charge on any atom is 0.348 e. The van der Waals surface area contributed by atoms with E-state index in [-0.39, 0.29) is 0 Å². The third-order valence-electron chi connectivity index (χ3n) is 1.58. The zero-order valence-corrected chi connectivity index (χ0v) is 6.78. The molecule has 1 heterocycles. The molecule has 1 fully saturated rings. The summed E-state index contributed by atoms with van der Waals surface area (Å²) < 4.78 is 9.45. The highest BCUT2D eigenvalue weighted by Crippen LogP contribution is 2.11. The third-order valence-corrected chi connectivity index (χ3v) is 1.58. The van der Waals surface area contributed by atoms with Crippen LogP contribution in [0.4, 0.5) is 0 Å².